The van der Waals surface area contributed by atoms with Crippen molar-refractivity contribution >= 4 is 65.4 Å². The van der Waals surface area contributed by atoms with Crippen molar-refractivity contribution < 1.29 is 8.83 Å². The number of aromatic nitrogens is 2. The third-order valence-electron chi connectivity index (χ3n) is 11.5. The maximum absolute atomic E-state index is 6.55. The molecule has 0 saturated carbocycles. The average molecular weight is 741 g/mol. The Morgan fingerprint density at radius 2 is 0.914 bits per heavy atom. The maximum Gasteiger partial charge on any atom is 0.160 e. The van der Waals surface area contributed by atoms with Gasteiger partial charge in [-0.05, 0) is 104 Å². The van der Waals surface area contributed by atoms with Crippen LogP contribution in [0.4, 0.5) is 0 Å². The summed E-state index contributed by atoms with van der Waals surface area (Å²) in [5.74, 6) is 0.649. The van der Waals surface area contributed by atoms with E-state index in [-0.39, 0.29) is 0 Å². The van der Waals surface area contributed by atoms with Gasteiger partial charge < -0.3 is 8.83 Å². The van der Waals surface area contributed by atoms with Crippen LogP contribution < -0.4 is 0 Å². The largest absolute Gasteiger partial charge is 0.456 e. The standard InChI is InChI=1S/C54H32N2O2/c1-2-13-33(14-3-1)54-55-48(32-49(56-54)45-22-12-21-44-42-19-8-11-24-51(42)58-53(44)45)38-28-36(34-25-26-52-47(30-34)43-20-9-10-23-50(43)57-52)27-37(29-38)46-31-35-15-4-5-16-39(35)40-17-6-7-18-41(40)46/h1-32H. The van der Waals surface area contributed by atoms with E-state index in [0.29, 0.717) is 5.82 Å². The third kappa shape index (κ3) is 5.23. The molecule has 0 N–H and O–H groups in total. The van der Waals surface area contributed by atoms with E-state index in [9.17, 15) is 0 Å². The Morgan fingerprint density at radius 3 is 1.76 bits per heavy atom. The summed E-state index contributed by atoms with van der Waals surface area (Å²) in [6.45, 7) is 0. The number of rotatable bonds is 5. The summed E-state index contributed by atoms with van der Waals surface area (Å²) >= 11 is 0. The maximum atomic E-state index is 6.55. The van der Waals surface area contributed by atoms with Crippen molar-refractivity contribution in [1.29, 1.82) is 0 Å². The normalized spacial score (nSPS) is 11.8. The Kier molecular flexibility index (Phi) is 7.20. The number of benzene rings is 9. The first-order valence-electron chi connectivity index (χ1n) is 19.5. The highest BCUT2D eigenvalue weighted by Crippen LogP contribution is 2.42. The van der Waals surface area contributed by atoms with Crippen LogP contribution in [-0.4, -0.2) is 9.97 Å². The molecule has 0 unspecified atom stereocenters. The zero-order chi connectivity index (χ0) is 38.2. The topological polar surface area (TPSA) is 52.1 Å². The zero-order valence-corrected chi connectivity index (χ0v) is 31.2. The molecule has 12 rings (SSSR count). The number of hydrogen-bond acceptors (Lipinski definition) is 4. The summed E-state index contributed by atoms with van der Waals surface area (Å²) in [7, 11) is 0. The molecule has 9 aromatic carbocycles. The number of para-hydroxylation sites is 3. The van der Waals surface area contributed by atoms with Crippen molar-refractivity contribution in [3.8, 4) is 56.2 Å². The SMILES string of the molecule is c1ccc(-c2nc(-c3cc(-c4ccc5oc6ccccc6c5c4)cc(-c4cc5ccccc5c5ccccc45)c3)cc(-c3cccc4c3oc3ccccc34)n2)cc1. The van der Waals surface area contributed by atoms with Gasteiger partial charge in [-0.15, -0.1) is 0 Å². The van der Waals surface area contributed by atoms with Crippen LogP contribution in [0, 0.1) is 0 Å². The van der Waals surface area contributed by atoms with E-state index in [4.69, 9.17) is 18.8 Å². The second-order valence-corrected chi connectivity index (χ2v) is 14.9. The van der Waals surface area contributed by atoms with Gasteiger partial charge in [-0.1, -0.05) is 133 Å². The summed E-state index contributed by atoms with van der Waals surface area (Å²) in [5.41, 5.74) is 12.3. The lowest BCUT2D eigenvalue weighted by atomic mass is 9.89. The lowest BCUT2D eigenvalue weighted by molar-refractivity contribution is 0.669. The zero-order valence-electron chi connectivity index (χ0n) is 31.2. The van der Waals surface area contributed by atoms with Crippen LogP contribution in [0.1, 0.15) is 0 Å². The molecule has 0 bridgehead atoms. The second-order valence-electron chi connectivity index (χ2n) is 14.9. The predicted molar refractivity (Wildman–Crippen MR) is 239 cm³/mol. The molecule has 3 heterocycles. The van der Waals surface area contributed by atoms with E-state index in [0.717, 1.165) is 94.2 Å². The molecule has 0 radical (unpaired) electrons. The third-order valence-corrected chi connectivity index (χ3v) is 11.5. The molecule has 58 heavy (non-hydrogen) atoms. The van der Waals surface area contributed by atoms with Gasteiger partial charge in [0.05, 0.1) is 11.4 Å². The van der Waals surface area contributed by atoms with Gasteiger partial charge in [-0.25, -0.2) is 9.97 Å². The van der Waals surface area contributed by atoms with E-state index >= 15 is 0 Å². The molecule has 0 fully saturated rings. The number of nitrogens with zero attached hydrogens (tertiary/aromatic N) is 2. The molecule has 12 aromatic rings. The van der Waals surface area contributed by atoms with E-state index in [1.165, 1.54) is 21.5 Å². The van der Waals surface area contributed by atoms with E-state index in [1.807, 2.05) is 42.5 Å². The first-order chi connectivity index (χ1) is 28.7. The van der Waals surface area contributed by atoms with Crippen LogP contribution >= 0.6 is 0 Å². The van der Waals surface area contributed by atoms with Crippen molar-refractivity contribution in [2.75, 3.05) is 0 Å². The lowest BCUT2D eigenvalue weighted by Gasteiger charge is -2.15. The summed E-state index contributed by atoms with van der Waals surface area (Å²) in [6.07, 6.45) is 0. The minimum atomic E-state index is 0.649. The molecular formula is C54H32N2O2. The van der Waals surface area contributed by atoms with Gasteiger partial charge in [0.1, 0.15) is 22.3 Å². The Morgan fingerprint density at radius 1 is 0.293 bits per heavy atom. The van der Waals surface area contributed by atoms with Crippen molar-refractivity contribution in [2.24, 2.45) is 0 Å². The minimum absolute atomic E-state index is 0.649. The Bertz CT molecular complexity index is 3580. The fourth-order valence-electron chi connectivity index (χ4n) is 8.69. The highest BCUT2D eigenvalue weighted by Gasteiger charge is 2.19. The van der Waals surface area contributed by atoms with Crippen LogP contribution in [0.15, 0.2) is 203 Å². The first-order valence-corrected chi connectivity index (χ1v) is 19.5. The van der Waals surface area contributed by atoms with Gasteiger partial charge in [0, 0.05) is 38.2 Å². The molecule has 0 saturated heterocycles. The van der Waals surface area contributed by atoms with Crippen molar-refractivity contribution in [2.45, 2.75) is 0 Å². The second kappa shape index (κ2) is 12.9. The summed E-state index contributed by atoms with van der Waals surface area (Å²) in [4.78, 5) is 10.6. The number of furan rings is 2. The lowest BCUT2D eigenvalue weighted by Crippen LogP contribution is -1.97. The molecule has 0 aliphatic rings. The van der Waals surface area contributed by atoms with Gasteiger partial charge in [-0.3, -0.25) is 0 Å². The summed E-state index contributed by atoms with van der Waals surface area (Å²) in [6, 6.07) is 68.1. The van der Waals surface area contributed by atoms with Gasteiger partial charge in [-0.2, -0.15) is 0 Å². The molecule has 0 amide bonds. The summed E-state index contributed by atoms with van der Waals surface area (Å²) < 4.78 is 12.8. The fourth-order valence-corrected chi connectivity index (χ4v) is 8.69. The molecular weight excluding hydrogens is 709 g/mol. The van der Waals surface area contributed by atoms with Crippen molar-refractivity contribution in [3.63, 3.8) is 0 Å². The van der Waals surface area contributed by atoms with E-state index in [1.54, 1.807) is 0 Å². The quantitative estimate of drug-likeness (QED) is 0.165. The smallest absolute Gasteiger partial charge is 0.160 e. The Labute approximate surface area is 333 Å². The van der Waals surface area contributed by atoms with E-state index < -0.39 is 0 Å². The minimum Gasteiger partial charge on any atom is -0.456 e. The Balaban J connectivity index is 1.14. The fraction of sp³-hybridized carbons (Fsp3) is 0. The molecule has 0 aliphatic heterocycles. The Hall–Kier alpha value is -7.82. The van der Waals surface area contributed by atoms with Crippen LogP contribution in [0.3, 0.4) is 0 Å². The summed E-state index contributed by atoms with van der Waals surface area (Å²) in [5, 5.41) is 9.19. The van der Waals surface area contributed by atoms with Crippen molar-refractivity contribution in [1.82, 2.24) is 9.97 Å². The average Bonchev–Trinajstić information content (AvgIpc) is 3.87. The van der Waals surface area contributed by atoms with Gasteiger partial charge in [0.2, 0.25) is 0 Å². The van der Waals surface area contributed by atoms with Crippen LogP contribution in [0.25, 0.3) is 122 Å². The monoisotopic (exact) mass is 740 g/mol. The molecule has 0 aliphatic carbocycles. The first kappa shape index (κ1) is 32.4. The van der Waals surface area contributed by atoms with Crippen LogP contribution in [-0.2, 0) is 0 Å². The molecule has 4 heteroatoms. The van der Waals surface area contributed by atoms with Gasteiger partial charge >= 0.3 is 0 Å². The predicted octanol–water partition coefficient (Wildman–Crippen LogP) is 14.9. The van der Waals surface area contributed by atoms with Gasteiger partial charge in [0.25, 0.3) is 0 Å². The van der Waals surface area contributed by atoms with E-state index in [2.05, 4.69) is 152 Å². The van der Waals surface area contributed by atoms with Crippen molar-refractivity contribution in [3.05, 3.63) is 194 Å². The highest BCUT2D eigenvalue weighted by atomic mass is 16.3. The van der Waals surface area contributed by atoms with Gasteiger partial charge in [0.15, 0.2) is 5.82 Å². The number of hydrogen-bond donors (Lipinski definition) is 0. The molecule has 3 aromatic heterocycles. The van der Waals surface area contributed by atoms with Crippen LogP contribution in [0.5, 0.6) is 0 Å². The number of fused-ring (bicyclic) bond motifs is 9. The highest BCUT2D eigenvalue weighted by molar-refractivity contribution is 6.14. The molecule has 4 nitrogen and oxygen atoms in total. The molecule has 0 atom stereocenters. The molecule has 270 valence electrons. The van der Waals surface area contributed by atoms with Crippen LogP contribution in [0.2, 0.25) is 0 Å². The molecule has 0 spiro atoms.